The molecule has 0 amide bonds. The number of hydrogen-bond acceptors (Lipinski definition) is 2. The Balaban J connectivity index is 2.46. The number of nitrogens with zero attached hydrogens (tertiary/aromatic N) is 1. The standard InChI is InChI=1S/C12H12N2O2/c1-7-3-4-9(8(2)5-7)10-6-13-11(14-10)12(15)16/h3-6H,1-2H3,(H,13,14)(H,15,16). The lowest BCUT2D eigenvalue weighted by Gasteiger charge is -2.03. The van der Waals surface area contributed by atoms with Gasteiger partial charge in [0.25, 0.3) is 0 Å². The molecule has 1 aromatic carbocycles. The van der Waals surface area contributed by atoms with Crippen LogP contribution in [0.3, 0.4) is 0 Å². The van der Waals surface area contributed by atoms with E-state index in [-0.39, 0.29) is 5.82 Å². The zero-order valence-electron chi connectivity index (χ0n) is 9.11. The van der Waals surface area contributed by atoms with Gasteiger partial charge in [-0.3, -0.25) is 0 Å². The highest BCUT2D eigenvalue weighted by molar-refractivity contribution is 5.84. The summed E-state index contributed by atoms with van der Waals surface area (Å²) in [6.45, 7) is 4.01. The van der Waals surface area contributed by atoms with Gasteiger partial charge in [-0.1, -0.05) is 23.8 Å². The van der Waals surface area contributed by atoms with E-state index in [1.807, 2.05) is 26.0 Å². The highest BCUT2D eigenvalue weighted by Gasteiger charge is 2.10. The van der Waals surface area contributed by atoms with Crippen LogP contribution < -0.4 is 0 Å². The third kappa shape index (κ3) is 1.82. The van der Waals surface area contributed by atoms with Crippen LogP contribution in [0.5, 0.6) is 0 Å². The molecule has 2 rings (SSSR count). The Bertz CT molecular complexity index is 544. The van der Waals surface area contributed by atoms with Crippen LogP contribution in [0.2, 0.25) is 0 Å². The molecule has 2 aromatic rings. The van der Waals surface area contributed by atoms with Crippen LogP contribution in [-0.4, -0.2) is 21.0 Å². The minimum Gasteiger partial charge on any atom is -0.475 e. The number of aromatic carboxylic acids is 1. The molecule has 0 unspecified atom stereocenters. The van der Waals surface area contributed by atoms with Gasteiger partial charge in [-0.05, 0) is 19.4 Å². The SMILES string of the molecule is Cc1ccc(-c2cnc(C(=O)O)[nH]2)c(C)c1. The van der Waals surface area contributed by atoms with Gasteiger partial charge in [0, 0.05) is 5.56 Å². The van der Waals surface area contributed by atoms with Crippen LogP contribution in [-0.2, 0) is 0 Å². The molecule has 0 spiro atoms. The summed E-state index contributed by atoms with van der Waals surface area (Å²) in [5.74, 6) is -1.08. The van der Waals surface area contributed by atoms with Crippen molar-refractivity contribution in [3.63, 3.8) is 0 Å². The predicted octanol–water partition coefficient (Wildman–Crippen LogP) is 2.39. The minimum atomic E-state index is -1.05. The molecule has 82 valence electrons. The molecular weight excluding hydrogens is 204 g/mol. The number of H-pyrrole nitrogens is 1. The quantitative estimate of drug-likeness (QED) is 0.810. The van der Waals surface area contributed by atoms with Gasteiger partial charge in [0.15, 0.2) is 0 Å². The summed E-state index contributed by atoms with van der Waals surface area (Å²) in [5.41, 5.74) is 3.99. The van der Waals surface area contributed by atoms with Crippen LogP contribution in [0.1, 0.15) is 21.7 Å². The smallest absolute Gasteiger partial charge is 0.371 e. The van der Waals surface area contributed by atoms with Crippen molar-refractivity contribution < 1.29 is 9.90 Å². The minimum absolute atomic E-state index is 0.0324. The first-order valence-corrected chi connectivity index (χ1v) is 4.94. The van der Waals surface area contributed by atoms with Gasteiger partial charge in [-0.25, -0.2) is 9.78 Å². The Morgan fingerprint density at radius 2 is 2.12 bits per heavy atom. The van der Waals surface area contributed by atoms with Crippen molar-refractivity contribution in [3.05, 3.63) is 41.3 Å². The zero-order valence-corrected chi connectivity index (χ0v) is 9.11. The molecule has 2 N–H and O–H groups in total. The number of aromatic nitrogens is 2. The van der Waals surface area contributed by atoms with E-state index in [2.05, 4.69) is 16.0 Å². The van der Waals surface area contributed by atoms with E-state index in [0.29, 0.717) is 0 Å². The van der Waals surface area contributed by atoms with Crippen molar-refractivity contribution in [3.8, 4) is 11.3 Å². The van der Waals surface area contributed by atoms with Gasteiger partial charge in [0.05, 0.1) is 11.9 Å². The van der Waals surface area contributed by atoms with Crippen LogP contribution >= 0.6 is 0 Å². The predicted molar refractivity (Wildman–Crippen MR) is 60.5 cm³/mol. The van der Waals surface area contributed by atoms with E-state index < -0.39 is 5.97 Å². The molecule has 0 fully saturated rings. The Morgan fingerprint density at radius 1 is 1.38 bits per heavy atom. The van der Waals surface area contributed by atoms with Crippen LogP contribution in [0.4, 0.5) is 0 Å². The molecule has 0 radical (unpaired) electrons. The number of aryl methyl sites for hydroxylation is 2. The van der Waals surface area contributed by atoms with Gasteiger partial charge in [-0.2, -0.15) is 0 Å². The fourth-order valence-electron chi connectivity index (χ4n) is 1.68. The van der Waals surface area contributed by atoms with Crippen molar-refractivity contribution in [2.45, 2.75) is 13.8 Å². The second-order valence-electron chi connectivity index (χ2n) is 3.77. The first kappa shape index (κ1) is 10.4. The number of hydrogen-bond donors (Lipinski definition) is 2. The van der Waals surface area contributed by atoms with Crippen molar-refractivity contribution in [2.24, 2.45) is 0 Å². The van der Waals surface area contributed by atoms with Crippen LogP contribution in [0, 0.1) is 13.8 Å². The lowest BCUT2D eigenvalue weighted by molar-refractivity contribution is 0.0685. The molecule has 0 aliphatic rings. The van der Waals surface area contributed by atoms with Gasteiger partial charge in [0.2, 0.25) is 5.82 Å². The summed E-state index contributed by atoms with van der Waals surface area (Å²) in [7, 11) is 0. The van der Waals surface area contributed by atoms with Gasteiger partial charge in [0.1, 0.15) is 0 Å². The highest BCUT2D eigenvalue weighted by atomic mass is 16.4. The summed E-state index contributed by atoms with van der Waals surface area (Å²) in [5, 5.41) is 8.76. The maximum atomic E-state index is 10.7. The molecule has 1 heterocycles. The third-order valence-corrected chi connectivity index (χ3v) is 2.45. The molecule has 16 heavy (non-hydrogen) atoms. The zero-order chi connectivity index (χ0) is 11.7. The largest absolute Gasteiger partial charge is 0.475 e. The Labute approximate surface area is 93.0 Å². The van der Waals surface area contributed by atoms with E-state index in [9.17, 15) is 4.79 Å². The number of nitrogens with one attached hydrogen (secondary N) is 1. The highest BCUT2D eigenvalue weighted by Crippen LogP contribution is 2.22. The van der Waals surface area contributed by atoms with Crippen molar-refractivity contribution in [1.29, 1.82) is 0 Å². The number of aromatic amines is 1. The number of carboxylic acid groups (broad SMARTS) is 1. The van der Waals surface area contributed by atoms with E-state index in [1.54, 1.807) is 6.20 Å². The third-order valence-electron chi connectivity index (χ3n) is 2.45. The molecule has 0 bridgehead atoms. The fraction of sp³-hybridized carbons (Fsp3) is 0.167. The van der Waals surface area contributed by atoms with E-state index in [1.165, 1.54) is 5.56 Å². The van der Waals surface area contributed by atoms with Crippen molar-refractivity contribution in [1.82, 2.24) is 9.97 Å². The Morgan fingerprint density at radius 3 is 2.69 bits per heavy atom. The van der Waals surface area contributed by atoms with Crippen LogP contribution in [0.25, 0.3) is 11.3 Å². The van der Waals surface area contributed by atoms with Gasteiger partial charge >= 0.3 is 5.97 Å². The number of benzene rings is 1. The molecule has 0 saturated carbocycles. The van der Waals surface area contributed by atoms with E-state index >= 15 is 0 Å². The molecule has 0 aliphatic carbocycles. The average Bonchev–Trinajstić information content (AvgIpc) is 2.66. The normalized spacial score (nSPS) is 10.4. The molecule has 0 aliphatic heterocycles. The number of imidazole rings is 1. The second-order valence-corrected chi connectivity index (χ2v) is 3.77. The molecule has 0 saturated heterocycles. The van der Waals surface area contributed by atoms with E-state index in [0.717, 1.165) is 16.8 Å². The van der Waals surface area contributed by atoms with E-state index in [4.69, 9.17) is 5.11 Å². The lowest BCUT2D eigenvalue weighted by Crippen LogP contribution is -1.98. The molecule has 4 nitrogen and oxygen atoms in total. The number of rotatable bonds is 2. The lowest BCUT2D eigenvalue weighted by atomic mass is 10.0. The number of carboxylic acids is 1. The van der Waals surface area contributed by atoms with Crippen LogP contribution in [0.15, 0.2) is 24.4 Å². The Hall–Kier alpha value is -2.10. The van der Waals surface area contributed by atoms with Crippen molar-refractivity contribution in [2.75, 3.05) is 0 Å². The van der Waals surface area contributed by atoms with Gasteiger partial charge < -0.3 is 10.1 Å². The summed E-state index contributed by atoms with van der Waals surface area (Å²) >= 11 is 0. The summed E-state index contributed by atoms with van der Waals surface area (Å²) < 4.78 is 0. The Kier molecular flexibility index (Phi) is 2.48. The molecular formula is C12H12N2O2. The number of carbonyl (C=O) groups is 1. The average molecular weight is 216 g/mol. The first-order valence-electron chi connectivity index (χ1n) is 4.94. The van der Waals surface area contributed by atoms with Crippen molar-refractivity contribution >= 4 is 5.97 Å². The summed E-state index contributed by atoms with van der Waals surface area (Å²) in [6.07, 6.45) is 1.54. The maximum Gasteiger partial charge on any atom is 0.371 e. The fourth-order valence-corrected chi connectivity index (χ4v) is 1.68. The molecule has 4 heteroatoms. The van der Waals surface area contributed by atoms with Gasteiger partial charge in [-0.15, -0.1) is 0 Å². The second kappa shape index (κ2) is 3.81. The summed E-state index contributed by atoms with van der Waals surface area (Å²) in [4.78, 5) is 17.3. The monoisotopic (exact) mass is 216 g/mol. The molecule has 1 aromatic heterocycles. The first-order chi connectivity index (χ1) is 7.58. The molecule has 0 atom stereocenters. The summed E-state index contributed by atoms with van der Waals surface area (Å²) in [6, 6.07) is 6.00. The topological polar surface area (TPSA) is 66.0 Å². The maximum absolute atomic E-state index is 10.7.